The normalized spacial score (nSPS) is 12.9. The monoisotopic (exact) mass is 544 g/mol. The second kappa shape index (κ2) is 10.8. The summed E-state index contributed by atoms with van der Waals surface area (Å²) in [5, 5.41) is 14.6. The Kier molecular flexibility index (Phi) is 7.42. The first kappa shape index (κ1) is 26.8. The third-order valence-electron chi connectivity index (χ3n) is 7.45. The van der Waals surface area contributed by atoms with E-state index < -0.39 is 6.04 Å². The van der Waals surface area contributed by atoms with Gasteiger partial charge >= 0.3 is 0 Å². The highest BCUT2D eigenvalue weighted by Crippen LogP contribution is 2.34. The first-order valence-corrected chi connectivity index (χ1v) is 13.5. The Labute approximate surface area is 232 Å². The summed E-state index contributed by atoms with van der Waals surface area (Å²) in [5.41, 5.74) is 3.88. The zero-order chi connectivity index (χ0) is 27.7. The largest absolute Gasteiger partial charge is 0.468 e. The molecule has 0 unspecified atom stereocenters. The van der Waals surface area contributed by atoms with Gasteiger partial charge in [-0.2, -0.15) is 0 Å². The smallest absolute Gasteiger partial charge is 0.253 e. The Morgan fingerprint density at radius 2 is 1.90 bits per heavy atom. The van der Waals surface area contributed by atoms with Crippen molar-refractivity contribution in [2.45, 2.75) is 65.7 Å². The van der Waals surface area contributed by atoms with Crippen LogP contribution in [0.4, 0.5) is 0 Å². The zero-order valence-corrected chi connectivity index (χ0v) is 23.7. The number of pyridine rings is 1. The van der Waals surface area contributed by atoms with Crippen LogP contribution in [0.25, 0.3) is 10.9 Å². The van der Waals surface area contributed by atoms with E-state index in [2.05, 4.69) is 59.2 Å². The lowest BCUT2D eigenvalue weighted by Crippen LogP contribution is -2.38. The lowest BCUT2D eigenvalue weighted by molar-refractivity contribution is 0.168. The minimum atomic E-state index is -0.596. The summed E-state index contributed by atoms with van der Waals surface area (Å²) in [6.07, 6.45) is 2.45. The van der Waals surface area contributed by atoms with Gasteiger partial charge in [-0.25, -0.2) is 4.68 Å². The van der Waals surface area contributed by atoms with Crippen LogP contribution in [0.3, 0.4) is 0 Å². The van der Waals surface area contributed by atoms with Crippen molar-refractivity contribution < 1.29 is 4.42 Å². The number of tetrazole rings is 1. The fraction of sp³-hybridized carbons (Fsp3) is 0.333. The lowest BCUT2D eigenvalue weighted by atomic mass is 9.97. The topological polar surface area (TPSA) is 92.8 Å². The molecule has 0 radical (unpaired) electrons. The van der Waals surface area contributed by atoms with E-state index in [1.807, 2.05) is 60.1 Å². The number of furan rings is 1. The third kappa shape index (κ3) is 5.40. The Hall–Kier alpha value is -3.75. The van der Waals surface area contributed by atoms with E-state index in [4.69, 9.17) is 16.0 Å². The maximum Gasteiger partial charge on any atom is 0.253 e. The van der Waals surface area contributed by atoms with E-state index in [-0.39, 0.29) is 11.1 Å². The molecule has 8 nitrogen and oxygen atoms in total. The minimum Gasteiger partial charge on any atom is -0.468 e. The van der Waals surface area contributed by atoms with Crippen LogP contribution in [0.5, 0.6) is 0 Å². The molecular weight excluding hydrogens is 512 g/mol. The first-order chi connectivity index (χ1) is 18.7. The molecule has 3 aromatic heterocycles. The maximum absolute atomic E-state index is 13.8. The zero-order valence-electron chi connectivity index (χ0n) is 22.9. The van der Waals surface area contributed by atoms with Gasteiger partial charge in [0.05, 0.1) is 18.3 Å². The van der Waals surface area contributed by atoms with Gasteiger partial charge in [0.15, 0.2) is 5.82 Å². The van der Waals surface area contributed by atoms with E-state index in [1.54, 1.807) is 6.26 Å². The standard InChI is InChI=1S/C30H33ClN6O2/c1-6-30(4,5)37-28(33-34-35-37)27(24-16-23-20(3)14-19(2)15-26(23)32-29(24)38)36(18-22-11-9-13-39-22)17-21-10-7-8-12-25(21)31/h7-16,27H,6,17-18H2,1-5H3,(H,32,38)/t27-/m1/s1. The Morgan fingerprint density at radius 3 is 2.62 bits per heavy atom. The molecule has 1 atom stereocenters. The van der Waals surface area contributed by atoms with E-state index in [1.165, 1.54) is 0 Å². The third-order valence-corrected chi connectivity index (χ3v) is 7.82. The van der Waals surface area contributed by atoms with Crippen molar-refractivity contribution in [1.29, 1.82) is 0 Å². The number of rotatable bonds is 9. The summed E-state index contributed by atoms with van der Waals surface area (Å²) >= 11 is 6.63. The van der Waals surface area contributed by atoms with Crippen LogP contribution >= 0.6 is 11.6 Å². The molecule has 0 spiro atoms. The van der Waals surface area contributed by atoms with Crippen LogP contribution in [-0.4, -0.2) is 30.1 Å². The fourth-order valence-corrected chi connectivity index (χ4v) is 5.22. The van der Waals surface area contributed by atoms with Crippen LogP contribution in [0.2, 0.25) is 5.02 Å². The van der Waals surface area contributed by atoms with Crippen molar-refractivity contribution in [3.05, 3.63) is 110 Å². The molecule has 2 aromatic carbocycles. The number of aryl methyl sites for hydroxylation is 2. The number of aromatic nitrogens is 5. The van der Waals surface area contributed by atoms with Crippen LogP contribution in [-0.2, 0) is 18.6 Å². The molecule has 5 rings (SSSR count). The molecule has 0 aliphatic rings. The van der Waals surface area contributed by atoms with E-state index in [0.29, 0.717) is 29.5 Å². The summed E-state index contributed by atoms with van der Waals surface area (Å²) < 4.78 is 7.61. The highest BCUT2D eigenvalue weighted by atomic mass is 35.5. The SMILES string of the molecule is CCC(C)(C)n1nnnc1[C@@H](c1cc2c(C)cc(C)cc2[nH]c1=O)N(Cc1ccco1)Cc1ccccc1Cl. The highest BCUT2D eigenvalue weighted by molar-refractivity contribution is 6.31. The molecule has 202 valence electrons. The van der Waals surface area contributed by atoms with Gasteiger partial charge in [0, 0.05) is 28.0 Å². The van der Waals surface area contributed by atoms with Gasteiger partial charge < -0.3 is 9.40 Å². The number of nitrogens with one attached hydrogen (secondary N) is 1. The quantitative estimate of drug-likeness (QED) is 0.233. The van der Waals surface area contributed by atoms with Crippen molar-refractivity contribution in [3.63, 3.8) is 0 Å². The number of fused-ring (bicyclic) bond motifs is 1. The molecule has 0 aliphatic carbocycles. The second-order valence-corrected chi connectivity index (χ2v) is 11.1. The molecule has 0 amide bonds. The van der Waals surface area contributed by atoms with Crippen LogP contribution in [0.15, 0.2) is 70.1 Å². The van der Waals surface area contributed by atoms with Gasteiger partial charge in [0.25, 0.3) is 5.56 Å². The lowest BCUT2D eigenvalue weighted by Gasteiger charge is -2.33. The molecule has 5 aromatic rings. The van der Waals surface area contributed by atoms with Crippen LogP contribution < -0.4 is 5.56 Å². The number of halogens is 1. The van der Waals surface area contributed by atoms with Crippen molar-refractivity contribution >= 4 is 22.5 Å². The predicted octanol–water partition coefficient (Wildman–Crippen LogP) is 6.31. The number of nitrogens with zero attached hydrogens (tertiary/aromatic N) is 5. The fourth-order valence-electron chi connectivity index (χ4n) is 5.02. The summed E-state index contributed by atoms with van der Waals surface area (Å²) in [6, 6.07) is 17.0. The number of aromatic amines is 1. The van der Waals surface area contributed by atoms with Crippen LogP contribution in [0, 0.1) is 13.8 Å². The molecule has 0 saturated heterocycles. The van der Waals surface area contributed by atoms with Gasteiger partial charge in [-0.05, 0) is 91.6 Å². The molecule has 0 aliphatic heterocycles. The molecule has 1 N–H and O–H groups in total. The van der Waals surface area contributed by atoms with Gasteiger partial charge in [-0.3, -0.25) is 9.69 Å². The molecular formula is C30H33ClN6O2. The highest BCUT2D eigenvalue weighted by Gasteiger charge is 2.35. The Balaban J connectivity index is 1.77. The van der Waals surface area contributed by atoms with E-state index in [9.17, 15) is 4.79 Å². The van der Waals surface area contributed by atoms with Crippen molar-refractivity contribution in [1.82, 2.24) is 30.1 Å². The first-order valence-electron chi connectivity index (χ1n) is 13.1. The molecule has 0 saturated carbocycles. The summed E-state index contributed by atoms with van der Waals surface area (Å²) in [6.45, 7) is 11.2. The van der Waals surface area contributed by atoms with Gasteiger partial charge in [0.1, 0.15) is 11.8 Å². The molecule has 0 bridgehead atoms. The molecule has 39 heavy (non-hydrogen) atoms. The van der Waals surface area contributed by atoms with Gasteiger partial charge in [0.2, 0.25) is 0 Å². The average molecular weight is 545 g/mol. The summed E-state index contributed by atoms with van der Waals surface area (Å²) in [5.74, 6) is 1.33. The van der Waals surface area contributed by atoms with Crippen molar-refractivity contribution in [2.24, 2.45) is 0 Å². The van der Waals surface area contributed by atoms with Crippen molar-refractivity contribution in [2.75, 3.05) is 0 Å². The van der Waals surface area contributed by atoms with E-state index >= 15 is 0 Å². The molecule has 3 heterocycles. The van der Waals surface area contributed by atoms with Crippen molar-refractivity contribution in [3.8, 4) is 0 Å². The minimum absolute atomic E-state index is 0.190. The number of hydrogen-bond donors (Lipinski definition) is 1. The predicted molar refractivity (Wildman–Crippen MR) is 153 cm³/mol. The number of benzene rings is 2. The number of hydrogen-bond acceptors (Lipinski definition) is 6. The Morgan fingerprint density at radius 1 is 1.10 bits per heavy atom. The van der Waals surface area contributed by atoms with Gasteiger partial charge in [-0.15, -0.1) is 5.10 Å². The molecule has 9 heteroatoms. The van der Waals surface area contributed by atoms with E-state index in [0.717, 1.165) is 39.8 Å². The Bertz CT molecular complexity index is 1650. The number of H-pyrrole nitrogens is 1. The van der Waals surface area contributed by atoms with Gasteiger partial charge in [-0.1, -0.05) is 42.8 Å². The maximum atomic E-state index is 13.8. The molecule has 0 fully saturated rings. The average Bonchev–Trinajstić information content (AvgIpc) is 3.59. The second-order valence-electron chi connectivity index (χ2n) is 10.7. The summed E-state index contributed by atoms with van der Waals surface area (Å²) in [7, 11) is 0. The van der Waals surface area contributed by atoms with Crippen LogP contribution in [0.1, 0.15) is 67.1 Å². The summed E-state index contributed by atoms with van der Waals surface area (Å²) in [4.78, 5) is 19.1.